The molecule has 1 heterocycles. The van der Waals surface area contributed by atoms with Crippen molar-refractivity contribution in [2.24, 2.45) is 5.92 Å². The van der Waals surface area contributed by atoms with E-state index >= 15 is 0 Å². The predicted octanol–water partition coefficient (Wildman–Crippen LogP) is 0.988. The number of benzene rings is 1. The van der Waals surface area contributed by atoms with Gasteiger partial charge in [0.1, 0.15) is 5.75 Å². The van der Waals surface area contributed by atoms with E-state index in [2.05, 4.69) is 5.32 Å². The van der Waals surface area contributed by atoms with Crippen molar-refractivity contribution in [2.75, 3.05) is 20.2 Å². The summed E-state index contributed by atoms with van der Waals surface area (Å²) in [7, 11) is 1.55. The van der Waals surface area contributed by atoms with Gasteiger partial charge in [0.05, 0.1) is 18.6 Å². The first kappa shape index (κ1) is 12.6. The minimum Gasteiger partial charge on any atom is -0.497 e. The molecule has 1 atom stereocenters. The molecule has 1 fully saturated rings. The first-order valence-electron chi connectivity index (χ1n) is 5.81. The quantitative estimate of drug-likeness (QED) is 0.639. The molecule has 1 aromatic carbocycles. The third kappa shape index (κ3) is 2.87. The summed E-state index contributed by atoms with van der Waals surface area (Å²) in [5, 5.41) is 3.05. The second-order valence-corrected chi connectivity index (χ2v) is 4.13. The maximum atomic E-state index is 11.7. The zero-order valence-electron chi connectivity index (χ0n) is 10.1. The molecule has 0 spiro atoms. The first-order chi connectivity index (χ1) is 8.70. The Hall–Kier alpha value is -1.88. The number of rotatable bonds is 3. The van der Waals surface area contributed by atoms with Crippen LogP contribution in [0, 0.1) is 5.92 Å². The van der Waals surface area contributed by atoms with Crippen molar-refractivity contribution in [1.29, 1.82) is 0 Å². The Bertz CT molecular complexity index is 435. The highest BCUT2D eigenvalue weighted by atomic mass is 16.6. The minimum absolute atomic E-state index is 0.216. The van der Waals surface area contributed by atoms with Gasteiger partial charge in [-0.15, -0.1) is 0 Å². The number of esters is 2. The van der Waals surface area contributed by atoms with Crippen molar-refractivity contribution >= 4 is 11.9 Å². The highest BCUT2D eigenvalue weighted by molar-refractivity contribution is 5.97. The van der Waals surface area contributed by atoms with Crippen LogP contribution in [-0.4, -0.2) is 32.1 Å². The number of ether oxygens (including phenoxy) is 2. The van der Waals surface area contributed by atoms with Gasteiger partial charge in [0.2, 0.25) is 0 Å². The molecule has 1 aromatic rings. The van der Waals surface area contributed by atoms with Gasteiger partial charge in [-0.1, -0.05) is 0 Å². The molecule has 1 unspecified atom stereocenters. The number of methoxy groups -OCH3 is 1. The molecule has 0 radical (unpaired) electrons. The maximum Gasteiger partial charge on any atom is 0.345 e. The Labute approximate surface area is 105 Å². The standard InChI is InChI=1S/C13H15NO4/c1-17-11-4-2-9(3-5-11)12(15)18-13(16)10-6-7-14-8-10/h2-5,10,14H,6-8H2,1H3. The Morgan fingerprint density at radius 1 is 1.28 bits per heavy atom. The summed E-state index contributed by atoms with van der Waals surface area (Å²) in [6.45, 7) is 1.37. The zero-order valence-corrected chi connectivity index (χ0v) is 10.1. The van der Waals surface area contributed by atoms with E-state index < -0.39 is 11.9 Å². The van der Waals surface area contributed by atoms with Crippen LogP contribution in [0.15, 0.2) is 24.3 Å². The monoisotopic (exact) mass is 249 g/mol. The van der Waals surface area contributed by atoms with Crippen LogP contribution in [0.3, 0.4) is 0 Å². The van der Waals surface area contributed by atoms with Crippen molar-refractivity contribution in [2.45, 2.75) is 6.42 Å². The fourth-order valence-corrected chi connectivity index (χ4v) is 1.82. The van der Waals surface area contributed by atoms with E-state index in [1.807, 2.05) is 0 Å². The van der Waals surface area contributed by atoms with Gasteiger partial charge in [-0.2, -0.15) is 0 Å². The van der Waals surface area contributed by atoms with Crippen LogP contribution < -0.4 is 10.1 Å². The topological polar surface area (TPSA) is 64.6 Å². The first-order valence-corrected chi connectivity index (χ1v) is 5.81. The molecule has 96 valence electrons. The number of hydrogen-bond acceptors (Lipinski definition) is 5. The van der Waals surface area contributed by atoms with Crippen molar-refractivity contribution in [3.8, 4) is 5.75 Å². The Morgan fingerprint density at radius 3 is 2.56 bits per heavy atom. The van der Waals surface area contributed by atoms with E-state index in [1.54, 1.807) is 31.4 Å². The number of carbonyl (C=O) groups is 2. The molecule has 2 rings (SSSR count). The largest absolute Gasteiger partial charge is 0.497 e. The summed E-state index contributed by atoms with van der Waals surface area (Å²) in [6.07, 6.45) is 0.717. The van der Waals surface area contributed by atoms with Crippen LogP contribution in [0.2, 0.25) is 0 Å². The summed E-state index contributed by atoms with van der Waals surface area (Å²) < 4.78 is 9.82. The van der Waals surface area contributed by atoms with E-state index in [1.165, 1.54) is 0 Å². The van der Waals surface area contributed by atoms with Gasteiger partial charge in [-0.05, 0) is 37.2 Å². The normalized spacial score (nSPS) is 18.4. The van der Waals surface area contributed by atoms with Gasteiger partial charge in [-0.3, -0.25) is 4.79 Å². The van der Waals surface area contributed by atoms with Gasteiger partial charge in [-0.25, -0.2) is 4.79 Å². The third-order valence-electron chi connectivity index (χ3n) is 2.91. The van der Waals surface area contributed by atoms with Gasteiger partial charge in [0.25, 0.3) is 0 Å². The zero-order chi connectivity index (χ0) is 13.0. The van der Waals surface area contributed by atoms with Gasteiger partial charge >= 0.3 is 11.9 Å². The highest BCUT2D eigenvalue weighted by Crippen LogP contribution is 2.14. The van der Waals surface area contributed by atoms with Gasteiger partial charge in [0.15, 0.2) is 0 Å². The molecule has 1 aliphatic heterocycles. The summed E-state index contributed by atoms with van der Waals surface area (Å²) in [5.41, 5.74) is 0.343. The van der Waals surface area contributed by atoms with E-state index in [4.69, 9.17) is 9.47 Å². The number of nitrogens with one attached hydrogen (secondary N) is 1. The molecular formula is C13H15NO4. The Kier molecular flexibility index (Phi) is 3.94. The molecular weight excluding hydrogens is 234 g/mol. The molecule has 0 aromatic heterocycles. The summed E-state index contributed by atoms with van der Waals surface area (Å²) in [4.78, 5) is 23.4. The molecule has 0 aliphatic carbocycles. The average molecular weight is 249 g/mol. The predicted molar refractivity (Wildman–Crippen MR) is 64.4 cm³/mol. The van der Waals surface area contributed by atoms with E-state index in [0.29, 0.717) is 24.3 Å². The molecule has 0 saturated carbocycles. The van der Waals surface area contributed by atoms with Crippen LogP contribution in [0.1, 0.15) is 16.8 Å². The molecule has 1 saturated heterocycles. The lowest BCUT2D eigenvalue weighted by Gasteiger charge is -2.07. The van der Waals surface area contributed by atoms with E-state index in [0.717, 1.165) is 6.54 Å². The summed E-state index contributed by atoms with van der Waals surface area (Å²) >= 11 is 0. The van der Waals surface area contributed by atoms with E-state index in [9.17, 15) is 9.59 Å². The molecule has 0 amide bonds. The lowest BCUT2D eigenvalue weighted by atomic mass is 10.1. The second kappa shape index (κ2) is 5.64. The molecule has 1 N–H and O–H groups in total. The van der Waals surface area contributed by atoms with Crippen LogP contribution >= 0.6 is 0 Å². The fraction of sp³-hybridized carbons (Fsp3) is 0.385. The maximum absolute atomic E-state index is 11.7. The Balaban J connectivity index is 1.95. The van der Waals surface area contributed by atoms with Crippen molar-refractivity contribution in [1.82, 2.24) is 5.32 Å². The number of carbonyl (C=O) groups excluding carboxylic acids is 2. The lowest BCUT2D eigenvalue weighted by Crippen LogP contribution is -2.23. The third-order valence-corrected chi connectivity index (χ3v) is 2.91. The fourth-order valence-electron chi connectivity index (χ4n) is 1.82. The Morgan fingerprint density at radius 2 is 2.00 bits per heavy atom. The average Bonchev–Trinajstić information content (AvgIpc) is 2.92. The van der Waals surface area contributed by atoms with Gasteiger partial charge in [0, 0.05) is 6.54 Å². The molecule has 5 nitrogen and oxygen atoms in total. The van der Waals surface area contributed by atoms with Crippen molar-refractivity contribution in [3.05, 3.63) is 29.8 Å². The molecule has 1 aliphatic rings. The molecule has 18 heavy (non-hydrogen) atoms. The van der Waals surface area contributed by atoms with Crippen LogP contribution in [0.25, 0.3) is 0 Å². The highest BCUT2D eigenvalue weighted by Gasteiger charge is 2.26. The SMILES string of the molecule is COc1ccc(C(=O)OC(=O)C2CCNC2)cc1. The van der Waals surface area contributed by atoms with Gasteiger partial charge < -0.3 is 14.8 Å². The second-order valence-electron chi connectivity index (χ2n) is 4.13. The number of hydrogen-bond donors (Lipinski definition) is 1. The van der Waals surface area contributed by atoms with Crippen LogP contribution in [0.4, 0.5) is 0 Å². The smallest absolute Gasteiger partial charge is 0.345 e. The molecule has 5 heteroatoms. The molecule has 0 bridgehead atoms. The summed E-state index contributed by atoms with van der Waals surface area (Å²) in [6, 6.07) is 6.44. The van der Waals surface area contributed by atoms with Crippen LogP contribution in [-0.2, 0) is 9.53 Å². The van der Waals surface area contributed by atoms with Crippen molar-refractivity contribution < 1.29 is 19.1 Å². The van der Waals surface area contributed by atoms with Crippen molar-refractivity contribution in [3.63, 3.8) is 0 Å². The minimum atomic E-state index is -0.616. The van der Waals surface area contributed by atoms with Crippen LogP contribution in [0.5, 0.6) is 5.75 Å². The van der Waals surface area contributed by atoms with E-state index in [-0.39, 0.29) is 5.92 Å². The lowest BCUT2D eigenvalue weighted by molar-refractivity contribution is -0.141. The summed E-state index contributed by atoms with van der Waals surface area (Å²) in [5.74, 6) is -0.638.